The van der Waals surface area contributed by atoms with Crippen LogP contribution in [0, 0.1) is 0 Å². The number of nitrogens with one attached hydrogen (secondary N) is 3. The van der Waals surface area contributed by atoms with Crippen molar-refractivity contribution in [3.8, 4) is 11.5 Å². The zero-order valence-electron chi connectivity index (χ0n) is 18.1. The van der Waals surface area contributed by atoms with Crippen molar-refractivity contribution in [2.75, 3.05) is 26.3 Å². The van der Waals surface area contributed by atoms with E-state index < -0.39 is 34.0 Å². The second-order valence-corrected chi connectivity index (χ2v) is 8.76. The van der Waals surface area contributed by atoms with E-state index in [1.807, 2.05) is 0 Å². The summed E-state index contributed by atoms with van der Waals surface area (Å²) in [6, 6.07) is 3.79. The number of ether oxygens (including phenoxy) is 3. The Balaban J connectivity index is 1.64. The molecule has 1 unspecified atom stereocenters. The maximum atomic E-state index is 12.4. The molecular weight excluding hydrogens is 442 g/mol. The summed E-state index contributed by atoms with van der Waals surface area (Å²) in [5, 5.41) is 4.47. The monoisotopic (exact) mass is 471 g/mol. The van der Waals surface area contributed by atoms with Gasteiger partial charge in [-0.3, -0.25) is 14.9 Å². The zero-order chi connectivity index (χ0) is 23.6. The lowest BCUT2D eigenvalue weighted by Crippen LogP contribution is -2.44. The smallest absolute Gasteiger partial charge is 0.321 e. The number of amides is 3. The van der Waals surface area contributed by atoms with Crippen LogP contribution >= 0.6 is 0 Å². The van der Waals surface area contributed by atoms with Crippen molar-refractivity contribution in [1.29, 1.82) is 0 Å². The Morgan fingerprint density at radius 1 is 1.09 bits per heavy atom. The molecule has 1 aromatic carbocycles. The highest BCUT2D eigenvalue weighted by Crippen LogP contribution is 2.32. The van der Waals surface area contributed by atoms with E-state index in [0.717, 1.165) is 0 Å². The molecule has 0 radical (unpaired) electrons. The number of esters is 1. The number of hydrogen-bond acceptors (Lipinski definition) is 8. The lowest BCUT2D eigenvalue weighted by molar-refractivity contribution is -0.154. The molecule has 1 heterocycles. The van der Waals surface area contributed by atoms with Crippen molar-refractivity contribution in [2.24, 2.45) is 0 Å². The molecule has 0 spiro atoms. The van der Waals surface area contributed by atoms with Gasteiger partial charge in [0.2, 0.25) is 10.0 Å². The number of hydrogen-bond donors (Lipinski definition) is 3. The number of rotatable bonds is 11. The highest BCUT2D eigenvalue weighted by atomic mass is 32.2. The largest absolute Gasteiger partial charge is 0.486 e. The van der Waals surface area contributed by atoms with E-state index >= 15 is 0 Å². The number of sulfonamides is 1. The minimum atomic E-state index is -3.69. The maximum absolute atomic E-state index is 12.4. The average Bonchev–Trinajstić information content (AvgIpc) is 2.75. The lowest BCUT2D eigenvalue weighted by Gasteiger charge is -2.18. The van der Waals surface area contributed by atoms with Crippen LogP contribution in [0.5, 0.6) is 11.5 Å². The summed E-state index contributed by atoms with van der Waals surface area (Å²) in [5.74, 6) is -0.372. The van der Waals surface area contributed by atoms with Crippen LogP contribution in [0.25, 0.3) is 0 Å². The Hall–Kier alpha value is -2.86. The summed E-state index contributed by atoms with van der Waals surface area (Å²) in [6.45, 7) is 4.43. The Morgan fingerprint density at radius 3 is 2.53 bits per heavy atom. The molecule has 1 atom stereocenters. The van der Waals surface area contributed by atoms with Gasteiger partial charge < -0.3 is 19.5 Å². The highest BCUT2D eigenvalue weighted by Gasteiger charge is 2.20. The predicted octanol–water partition coefficient (Wildman–Crippen LogP) is 1.07. The summed E-state index contributed by atoms with van der Waals surface area (Å²) >= 11 is 0. The van der Waals surface area contributed by atoms with Crippen LogP contribution in [0.15, 0.2) is 23.1 Å². The van der Waals surface area contributed by atoms with Gasteiger partial charge in [0.05, 0.1) is 4.90 Å². The highest BCUT2D eigenvalue weighted by molar-refractivity contribution is 7.89. The molecule has 0 saturated heterocycles. The first-order chi connectivity index (χ1) is 15.2. The van der Waals surface area contributed by atoms with Crippen LogP contribution in [0.3, 0.4) is 0 Å². The third-order valence-electron chi connectivity index (χ3n) is 4.43. The fourth-order valence-corrected chi connectivity index (χ4v) is 3.87. The van der Waals surface area contributed by atoms with Crippen molar-refractivity contribution < 1.29 is 37.0 Å². The Labute approximate surface area is 187 Å². The van der Waals surface area contributed by atoms with E-state index in [-0.39, 0.29) is 17.9 Å². The van der Waals surface area contributed by atoms with Gasteiger partial charge in [0.1, 0.15) is 13.2 Å². The number of unbranched alkanes of at least 4 members (excludes halogenated alkanes) is 2. The van der Waals surface area contributed by atoms with Gasteiger partial charge in [-0.05, 0) is 38.8 Å². The Bertz CT molecular complexity index is 919. The molecule has 178 valence electrons. The van der Waals surface area contributed by atoms with Crippen LogP contribution < -0.4 is 24.8 Å². The van der Waals surface area contributed by atoms with Gasteiger partial charge in [-0.2, -0.15) is 0 Å². The number of fused-ring (bicyclic) bond motifs is 1. The first-order valence-corrected chi connectivity index (χ1v) is 11.9. The van der Waals surface area contributed by atoms with Crippen LogP contribution in [-0.4, -0.2) is 58.7 Å². The normalized spacial score (nSPS) is 13.7. The molecule has 0 fully saturated rings. The zero-order valence-corrected chi connectivity index (χ0v) is 19.0. The van der Waals surface area contributed by atoms with Crippen molar-refractivity contribution >= 4 is 27.9 Å². The molecule has 1 aromatic rings. The van der Waals surface area contributed by atoms with Gasteiger partial charge in [0.15, 0.2) is 17.6 Å². The maximum Gasteiger partial charge on any atom is 0.321 e. The van der Waals surface area contributed by atoms with Gasteiger partial charge in [0.25, 0.3) is 5.91 Å². The predicted molar refractivity (Wildman–Crippen MR) is 114 cm³/mol. The SMILES string of the molecule is CCNC(=O)NC(=O)C(C)OC(=O)CCCCCNS(=O)(=O)c1ccc2c(c1)OCCO2. The number of carbonyl (C=O) groups excluding carboxylic acids is 3. The van der Waals surface area contributed by atoms with E-state index in [2.05, 4.69) is 15.4 Å². The molecule has 0 aliphatic carbocycles. The average molecular weight is 472 g/mol. The minimum Gasteiger partial charge on any atom is -0.486 e. The third-order valence-corrected chi connectivity index (χ3v) is 5.88. The van der Waals surface area contributed by atoms with Gasteiger partial charge in [-0.1, -0.05) is 6.42 Å². The summed E-state index contributed by atoms with van der Waals surface area (Å²) in [7, 11) is -3.69. The van der Waals surface area contributed by atoms with Crippen LogP contribution in [0.2, 0.25) is 0 Å². The van der Waals surface area contributed by atoms with Crippen molar-refractivity contribution in [3.05, 3.63) is 18.2 Å². The van der Waals surface area contributed by atoms with Gasteiger partial charge in [0, 0.05) is 25.6 Å². The topological polar surface area (TPSA) is 149 Å². The van der Waals surface area contributed by atoms with Crippen LogP contribution in [0.1, 0.15) is 39.5 Å². The Morgan fingerprint density at radius 2 is 1.81 bits per heavy atom. The molecule has 11 nitrogen and oxygen atoms in total. The first kappa shape index (κ1) is 25.4. The molecule has 3 amide bonds. The summed E-state index contributed by atoms with van der Waals surface area (Å²) in [5.41, 5.74) is 0. The van der Waals surface area contributed by atoms with Crippen molar-refractivity contribution in [2.45, 2.75) is 50.5 Å². The summed E-state index contributed by atoms with van der Waals surface area (Å²) in [6.07, 6.45) is 0.550. The molecule has 32 heavy (non-hydrogen) atoms. The number of imide groups is 1. The van der Waals surface area contributed by atoms with Gasteiger partial charge >= 0.3 is 12.0 Å². The third kappa shape index (κ3) is 8.00. The van der Waals surface area contributed by atoms with Crippen molar-refractivity contribution in [1.82, 2.24) is 15.4 Å². The quantitative estimate of drug-likeness (QED) is 0.321. The molecule has 2 rings (SSSR count). The molecule has 3 N–H and O–H groups in total. The van der Waals surface area contributed by atoms with Crippen LogP contribution in [0.4, 0.5) is 4.79 Å². The fourth-order valence-electron chi connectivity index (χ4n) is 2.78. The molecular formula is C20H29N3O8S. The molecule has 0 bridgehead atoms. The number of urea groups is 1. The van der Waals surface area contributed by atoms with E-state index in [4.69, 9.17) is 14.2 Å². The van der Waals surface area contributed by atoms with Gasteiger partial charge in [-0.15, -0.1) is 0 Å². The standard InChI is InChI=1S/C20H29N3O8S/c1-3-21-20(26)23-19(25)14(2)31-18(24)7-5-4-6-10-22-32(27,28)15-8-9-16-17(13-15)30-12-11-29-16/h8-9,13-14,22H,3-7,10-12H2,1-2H3,(H2,21,23,25,26). The van der Waals surface area contributed by atoms with E-state index in [0.29, 0.717) is 50.5 Å². The minimum absolute atomic E-state index is 0.0771. The fraction of sp³-hybridized carbons (Fsp3) is 0.550. The first-order valence-electron chi connectivity index (χ1n) is 10.4. The summed E-state index contributed by atoms with van der Waals surface area (Å²) in [4.78, 5) is 35.0. The van der Waals surface area contributed by atoms with Gasteiger partial charge in [-0.25, -0.2) is 17.9 Å². The summed E-state index contributed by atoms with van der Waals surface area (Å²) < 4.78 is 43.1. The Kier molecular flexibility index (Phi) is 9.72. The molecule has 1 aliphatic heterocycles. The molecule has 0 aromatic heterocycles. The molecule has 12 heteroatoms. The second-order valence-electron chi connectivity index (χ2n) is 6.99. The lowest BCUT2D eigenvalue weighted by atomic mass is 10.2. The van der Waals surface area contributed by atoms with E-state index in [1.54, 1.807) is 13.0 Å². The second kappa shape index (κ2) is 12.2. The van der Waals surface area contributed by atoms with Crippen molar-refractivity contribution in [3.63, 3.8) is 0 Å². The molecule has 0 saturated carbocycles. The van der Waals surface area contributed by atoms with E-state index in [1.165, 1.54) is 19.1 Å². The number of carbonyl (C=O) groups is 3. The van der Waals surface area contributed by atoms with Crippen LogP contribution in [-0.2, 0) is 24.3 Å². The van der Waals surface area contributed by atoms with E-state index in [9.17, 15) is 22.8 Å². The number of benzene rings is 1. The molecule has 1 aliphatic rings.